The second-order valence-corrected chi connectivity index (χ2v) is 4.46. The average Bonchev–Trinajstić information content (AvgIpc) is 2.16. The first-order valence-electron chi connectivity index (χ1n) is 5.02. The van der Waals surface area contributed by atoms with Crippen LogP contribution < -0.4 is 5.84 Å². The van der Waals surface area contributed by atoms with Gasteiger partial charge in [0.2, 0.25) is 0 Å². The Morgan fingerprint density at radius 2 is 2.00 bits per heavy atom. The number of hydrogen-bond donors (Lipinski definition) is 1. The van der Waals surface area contributed by atoms with Gasteiger partial charge in [-0.15, -0.1) is 0 Å². The molecule has 0 aliphatic carbocycles. The molecule has 0 saturated carbocycles. The van der Waals surface area contributed by atoms with E-state index in [1.807, 2.05) is 0 Å². The Kier molecular flexibility index (Phi) is 3.84. The maximum absolute atomic E-state index is 11.5. The molecule has 5 heteroatoms. The van der Waals surface area contributed by atoms with E-state index in [9.17, 15) is 4.79 Å². The van der Waals surface area contributed by atoms with E-state index < -0.39 is 11.7 Å². The molecular weight excluding hydrogens is 206 g/mol. The summed E-state index contributed by atoms with van der Waals surface area (Å²) in [6, 6.07) is 3.59. The lowest BCUT2D eigenvalue weighted by Gasteiger charge is -2.24. The van der Waals surface area contributed by atoms with Gasteiger partial charge < -0.3 is 4.74 Å². The van der Waals surface area contributed by atoms with E-state index in [0.717, 1.165) is 10.6 Å². The number of carbonyl (C=O) groups excluding carboxylic acids is 1. The van der Waals surface area contributed by atoms with Crippen LogP contribution in [0.1, 0.15) is 26.3 Å². The lowest BCUT2D eigenvalue weighted by atomic mass is 10.2. The molecule has 0 saturated heterocycles. The van der Waals surface area contributed by atoms with Crippen molar-refractivity contribution in [3.05, 3.63) is 30.1 Å². The molecule has 88 valence electrons. The second-order valence-electron chi connectivity index (χ2n) is 4.46. The van der Waals surface area contributed by atoms with E-state index >= 15 is 0 Å². The summed E-state index contributed by atoms with van der Waals surface area (Å²) >= 11 is 0. The fraction of sp³-hybridized carbons (Fsp3) is 0.455. The maximum Gasteiger partial charge on any atom is 0.424 e. The topological polar surface area (TPSA) is 68.5 Å². The van der Waals surface area contributed by atoms with Gasteiger partial charge in [-0.05, 0) is 38.5 Å². The van der Waals surface area contributed by atoms with E-state index in [-0.39, 0.29) is 0 Å². The van der Waals surface area contributed by atoms with Crippen LogP contribution in [0.2, 0.25) is 0 Å². The molecule has 0 radical (unpaired) electrons. The predicted molar refractivity (Wildman–Crippen MR) is 60.2 cm³/mol. The first-order valence-corrected chi connectivity index (χ1v) is 5.02. The van der Waals surface area contributed by atoms with Gasteiger partial charge in [-0.3, -0.25) is 4.98 Å². The zero-order valence-electron chi connectivity index (χ0n) is 9.80. The lowest BCUT2D eigenvalue weighted by molar-refractivity contribution is 0.0231. The van der Waals surface area contributed by atoms with Crippen LogP contribution in [0.15, 0.2) is 24.5 Å². The highest BCUT2D eigenvalue weighted by atomic mass is 16.6. The normalized spacial score (nSPS) is 11.0. The lowest BCUT2D eigenvalue weighted by Crippen LogP contribution is -2.40. The third kappa shape index (κ3) is 4.27. The maximum atomic E-state index is 11.5. The standard InChI is InChI=1S/C11H17N3O2/c1-11(2,3)16-10(15)14(12)8-9-4-6-13-7-5-9/h4-7H,8,12H2,1-3H3. The third-order valence-corrected chi connectivity index (χ3v) is 1.73. The number of hydrogen-bond acceptors (Lipinski definition) is 4. The minimum absolute atomic E-state index is 0.303. The summed E-state index contributed by atoms with van der Waals surface area (Å²) in [4.78, 5) is 15.4. The Hall–Kier alpha value is -1.62. The number of ether oxygens (including phenoxy) is 1. The molecule has 1 aromatic heterocycles. The monoisotopic (exact) mass is 223 g/mol. The third-order valence-electron chi connectivity index (χ3n) is 1.73. The summed E-state index contributed by atoms with van der Waals surface area (Å²) in [5.41, 5.74) is 0.371. The molecule has 0 fully saturated rings. The molecule has 0 aliphatic rings. The van der Waals surface area contributed by atoms with Crippen molar-refractivity contribution < 1.29 is 9.53 Å². The van der Waals surface area contributed by atoms with Gasteiger partial charge in [0, 0.05) is 12.4 Å². The van der Waals surface area contributed by atoms with Gasteiger partial charge in [0.25, 0.3) is 0 Å². The molecule has 0 spiro atoms. The number of aromatic nitrogens is 1. The van der Waals surface area contributed by atoms with Crippen molar-refractivity contribution >= 4 is 6.09 Å². The Bertz CT molecular complexity index is 346. The highest BCUT2D eigenvalue weighted by molar-refractivity contribution is 5.67. The number of hydrazine groups is 1. The van der Waals surface area contributed by atoms with E-state index in [4.69, 9.17) is 10.6 Å². The van der Waals surface area contributed by atoms with Gasteiger partial charge in [-0.25, -0.2) is 15.6 Å². The van der Waals surface area contributed by atoms with Gasteiger partial charge >= 0.3 is 6.09 Å². The van der Waals surface area contributed by atoms with E-state index in [2.05, 4.69) is 4.98 Å². The van der Waals surface area contributed by atoms with Crippen molar-refractivity contribution in [2.24, 2.45) is 5.84 Å². The smallest absolute Gasteiger partial charge is 0.424 e. The molecular formula is C11H17N3O2. The predicted octanol–water partition coefficient (Wildman–Crippen LogP) is 1.69. The van der Waals surface area contributed by atoms with E-state index in [0.29, 0.717) is 6.54 Å². The highest BCUT2D eigenvalue weighted by Gasteiger charge is 2.19. The Balaban J connectivity index is 2.53. The fourth-order valence-electron chi connectivity index (χ4n) is 1.07. The minimum atomic E-state index is -0.538. The highest BCUT2D eigenvalue weighted by Crippen LogP contribution is 2.09. The Morgan fingerprint density at radius 1 is 1.44 bits per heavy atom. The van der Waals surface area contributed by atoms with E-state index in [1.54, 1.807) is 45.3 Å². The molecule has 0 aliphatic heterocycles. The molecule has 5 nitrogen and oxygen atoms in total. The van der Waals surface area contributed by atoms with Crippen molar-refractivity contribution in [1.82, 2.24) is 9.99 Å². The largest absolute Gasteiger partial charge is 0.443 e. The average molecular weight is 223 g/mol. The van der Waals surface area contributed by atoms with Crippen LogP contribution in [-0.4, -0.2) is 21.7 Å². The Morgan fingerprint density at radius 3 is 2.50 bits per heavy atom. The molecule has 1 aromatic rings. The molecule has 1 amide bonds. The van der Waals surface area contributed by atoms with Gasteiger partial charge in [0.15, 0.2) is 0 Å². The van der Waals surface area contributed by atoms with Gasteiger partial charge in [0.1, 0.15) is 5.60 Å². The molecule has 16 heavy (non-hydrogen) atoms. The quantitative estimate of drug-likeness (QED) is 0.470. The Labute approximate surface area is 95.2 Å². The number of nitrogens with zero attached hydrogens (tertiary/aromatic N) is 2. The van der Waals surface area contributed by atoms with Crippen LogP contribution in [-0.2, 0) is 11.3 Å². The summed E-state index contributed by atoms with van der Waals surface area (Å²) in [5, 5.41) is 1.04. The van der Waals surface area contributed by atoms with Crippen molar-refractivity contribution in [3.8, 4) is 0 Å². The second kappa shape index (κ2) is 4.94. The van der Waals surface area contributed by atoms with Crippen LogP contribution in [0, 0.1) is 0 Å². The number of nitrogens with two attached hydrogens (primary N) is 1. The van der Waals surface area contributed by atoms with Crippen molar-refractivity contribution in [3.63, 3.8) is 0 Å². The van der Waals surface area contributed by atoms with Crippen LogP contribution in [0.25, 0.3) is 0 Å². The van der Waals surface area contributed by atoms with Gasteiger partial charge in [-0.1, -0.05) is 0 Å². The van der Waals surface area contributed by atoms with Crippen molar-refractivity contribution in [2.75, 3.05) is 0 Å². The van der Waals surface area contributed by atoms with Crippen LogP contribution in [0.3, 0.4) is 0 Å². The molecule has 0 aromatic carbocycles. The molecule has 0 atom stereocenters. The minimum Gasteiger partial charge on any atom is -0.443 e. The summed E-state index contributed by atoms with van der Waals surface area (Å²) < 4.78 is 5.12. The number of carbonyl (C=O) groups is 1. The van der Waals surface area contributed by atoms with Crippen molar-refractivity contribution in [1.29, 1.82) is 0 Å². The summed E-state index contributed by atoms with van der Waals surface area (Å²) in [5.74, 6) is 5.59. The molecule has 0 bridgehead atoms. The number of amides is 1. The van der Waals surface area contributed by atoms with Crippen LogP contribution in [0.4, 0.5) is 4.79 Å². The first kappa shape index (κ1) is 12.4. The summed E-state index contributed by atoms with van der Waals surface area (Å²) in [6.07, 6.45) is 2.76. The van der Waals surface area contributed by atoms with E-state index in [1.165, 1.54) is 0 Å². The zero-order chi connectivity index (χ0) is 12.2. The molecule has 1 rings (SSSR count). The molecule has 0 unspecified atom stereocenters. The fourth-order valence-corrected chi connectivity index (χ4v) is 1.07. The summed E-state index contributed by atoms with van der Waals surface area (Å²) in [7, 11) is 0. The van der Waals surface area contributed by atoms with Gasteiger partial charge in [0.05, 0.1) is 6.54 Å². The zero-order valence-corrected chi connectivity index (χ0v) is 9.80. The first-order chi connectivity index (χ1) is 7.38. The number of pyridine rings is 1. The SMILES string of the molecule is CC(C)(C)OC(=O)N(N)Cc1ccncc1. The van der Waals surface area contributed by atoms with Gasteiger partial charge in [-0.2, -0.15) is 0 Å². The molecule has 1 heterocycles. The molecule has 2 N–H and O–H groups in total. The van der Waals surface area contributed by atoms with Crippen LogP contribution >= 0.6 is 0 Å². The number of rotatable bonds is 2. The van der Waals surface area contributed by atoms with Crippen molar-refractivity contribution in [2.45, 2.75) is 32.9 Å². The van der Waals surface area contributed by atoms with Crippen LogP contribution in [0.5, 0.6) is 0 Å². The summed E-state index contributed by atoms with van der Waals surface area (Å²) in [6.45, 7) is 5.69.